The minimum atomic E-state index is -0.390. The minimum Gasteiger partial charge on any atom is -0.484 e. The first-order valence-corrected chi connectivity index (χ1v) is 8.89. The number of amides is 1. The van der Waals surface area contributed by atoms with E-state index in [1.165, 1.54) is 12.1 Å². The van der Waals surface area contributed by atoms with Gasteiger partial charge in [-0.3, -0.25) is 4.79 Å². The van der Waals surface area contributed by atoms with Gasteiger partial charge in [-0.1, -0.05) is 13.0 Å². The van der Waals surface area contributed by atoms with Gasteiger partial charge in [0.2, 0.25) is 0 Å². The second-order valence-corrected chi connectivity index (χ2v) is 6.26. The van der Waals surface area contributed by atoms with Crippen LogP contribution < -0.4 is 15.0 Å². The van der Waals surface area contributed by atoms with Crippen LogP contribution in [0.3, 0.4) is 0 Å². The number of anilines is 2. The monoisotopic (exact) mass is 357 g/mol. The molecular formula is C20H24FN3O2. The van der Waals surface area contributed by atoms with E-state index in [1.54, 1.807) is 12.1 Å². The molecule has 0 aromatic heterocycles. The first kappa shape index (κ1) is 18.2. The molecule has 1 heterocycles. The van der Waals surface area contributed by atoms with E-state index >= 15 is 0 Å². The molecule has 26 heavy (non-hydrogen) atoms. The molecular weight excluding hydrogens is 333 g/mol. The van der Waals surface area contributed by atoms with Crippen LogP contribution in [0.1, 0.15) is 6.92 Å². The Morgan fingerprint density at radius 3 is 2.50 bits per heavy atom. The lowest BCUT2D eigenvalue weighted by atomic mass is 10.2. The van der Waals surface area contributed by atoms with Crippen LogP contribution in [0.5, 0.6) is 5.75 Å². The van der Waals surface area contributed by atoms with Gasteiger partial charge in [0, 0.05) is 43.6 Å². The average molecular weight is 357 g/mol. The Labute approximate surface area is 153 Å². The van der Waals surface area contributed by atoms with Gasteiger partial charge in [-0.25, -0.2) is 4.39 Å². The van der Waals surface area contributed by atoms with E-state index in [9.17, 15) is 9.18 Å². The third-order valence-corrected chi connectivity index (χ3v) is 4.50. The van der Waals surface area contributed by atoms with Crippen LogP contribution in [-0.2, 0) is 4.79 Å². The van der Waals surface area contributed by atoms with E-state index in [-0.39, 0.29) is 12.5 Å². The number of carbonyl (C=O) groups excluding carboxylic acids is 1. The van der Waals surface area contributed by atoms with Crippen molar-refractivity contribution in [3.63, 3.8) is 0 Å². The second-order valence-electron chi connectivity index (χ2n) is 6.26. The molecule has 0 spiro atoms. The van der Waals surface area contributed by atoms with Crippen molar-refractivity contribution in [1.82, 2.24) is 4.90 Å². The van der Waals surface area contributed by atoms with Gasteiger partial charge in [-0.15, -0.1) is 0 Å². The van der Waals surface area contributed by atoms with E-state index in [1.807, 2.05) is 24.3 Å². The number of rotatable bonds is 6. The first-order chi connectivity index (χ1) is 12.6. The summed E-state index contributed by atoms with van der Waals surface area (Å²) in [5.74, 6) is -0.335. The third kappa shape index (κ3) is 4.95. The van der Waals surface area contributed by atoms with Gasteiger partial charge in [0.1, 0.15) is 11.6 Å². The zero-order valence-electron chi connectivity index (χ0n) is 15.0. The molecule has 138 valence electrons. The summed E-state index contributed by atoms with van der Waals surface area (Å²) in [6.45, 7) is 7.30. The number of likely N-dealkylation sites (N-methyl/N-ethyl adjacent to an activating group) is 1. The van der Waals surface area contributed by atoms with Crippen LogP contribution in [0.15, 0.2) is 48.5 Å². The molecule has 1 fully saturated rings. The predicted molar refractivity (Wildman–Crippen MR) is 101 cm³/mol. The summed E-state index contributed by atoms with van der Waals surface area (Å²) in [4.78, 5) is 16.8. The van der Waals surface area contributed by atoms with Gasteiger partial charge >= 0.3 is 0 Å². The van der Waals surface area contributed by atoms with Crippen molar-refractivity contribution in [2.75, 3.05) is 49.5 Å². The van der Waals surface area contributed by atoms with Crippen LogP contribution in [0, 0.1) is 5.82 Å². The highest BCUT2D eigenvalue weighted by Gasteiger charge is 2.15. The number of piperazine rings is 1. The highest BCUT2D eigenvalue weighted by atomic mass is 19.1. The lowest BCUT2D eigenvalue weighted by Crippen LogP contribution is -2.46. The number of nitrogens with one attached hydrogen (secondary N) is 1. The van der Waals surface area contributed by atoms with Crippen molar-refractivity contribution >= 4 is 17.3 Å². The Morgan fingerprint density at radius 2 is 1.85 bits per heavy atom. The highest BCUT2D eigenvalue weighted by molar-refractivity contribution is 5.92. The molecule has 1 aliphatic rings. The Kier molecular flexibility index (Phi) is 6.07. The van der Waals surface area contributed by atoms with Gasteiger partial charge < -0.3 is 19.9 Å². The number of ether oxygens (including phenoxy) is 1. The Hall–Kier alpha value is -2.60. The van der Waals surface area contributed by atoms with E-state index in [0.29, 0.717) is 11.4 Å². The quantitative estimate of drug-likeness (QED) is 0.863. The molecule has 0 unspecified atom stereocenters. The number of halogens is 1. The molecule has 0 saturated carbocycles. The number of carbonyl (C=O) groups is 1. The van der Waals surface area contributed by atoms with Crippen molar-refractivity contribution < 1.29 is 13.9 Å². The van der Waals surface area contributed by atoms with Gasteiger partial charge in [0.05, 0.1) is 0 Å². The first-order valence-electron chi connectivity index (χ1n) is 8.89. The number of nitrogens with zero attached hydrogens (tertiary/aromatic N) is 2. The van der Waals surface area contributed by atoms with Gasteiger partial charge in [-0.2, -0.15) is 0 Å². The van der Waals surface area contributed by atoms with E-state index < -0.39 is 5.82 Å². The maximum atomic E-state index is 13.1. The number of benzene rings is 2. The van der Waals surface area contributed by atoms with Crippen LogP contribution in [-0.4, -0.2) is 50.1 Å². The molecule has 0 radical (unpaired) electrons. The molecule has 2 aromatic rings. The standard InChI is InChI=1S/C20H24FN3O2/c1-2-23-10-12-24(13-11-23)18-8-6-17(7-9-18)22-20(25)15-26-19-5-3-4-16(21)14-19/h3-9,14H,2,10-13,15H2,1H3,(H,22,25). The molecule has 5 nitrogen and oxygen atoms in total. The summed E-state index contributed by atoms with van der Waals surface area (Å²) in [6, 6.07) is 13.6. The average Bonchev–Trinajstić information content (AvgIpc) is 2.67. The van der Waals surface area contributed by atoms with Crippen LogP contribution >= 0.6 is 0 Å². The maximum absolute atomic E-state index is 13.1. The molecule has 1 aliphatic heterocycles. The SMILES string of the molecule is CCN1CCN(c2ccc(NC(=O)COc3cccc(F)c3)cc2)CC1. The molecule has 1 amide bonds. The second kappa shape index (κ2) is 8.67. The summed E-state index contributed by atoms with van der Waals surface area (Å²) in [5.41, 5.74) is 1.88. The molecule has 2 aromatic carbocycles. The summed E-state index contributed by atoms with van der Waals surface area (Å²) < 4.78 is 18.4. The fraction of sp³-hybridized carbons (Fsp3) is 0.350. The zero-order valence-corrected chi connectivity index (χ0v) is 15.0. The molecule has 0 atom stereocenters. The van der Waals surface area contributed by atoms with E-state index in [2.05, 4.69) is 22.0 Å². The normalized spacial score (nSPS) is 14.9. The fourth-order valence-electron chi connectivity index (χ4n) is 2.98. The van der Waals surface area contributed by atoms with Gasteiger partial charge in [0.15, 0.2) is 6.61 Å². The topological polar surface area (TPSA) is 44.8 Å². The van der Waals surface area contributed by atoms with Crippen molar-refractivity contribution in [2.45, 2.75) is 6.92 Å². The Balaban J connectivity index is 1.48. The molecule has 1 N–H and O–H groups in total. The van der Waals surface area contributed by atoms with Crippen molar-refractivity contribution in [3.8, 4) is 5.75 Å². The molecule has 3 rings (SSSR count). The van der Waals surface area contributed by atoms with Gasteiger partial charge in [-0.05, 0) is 42.9 Å². The molecule has 6 heteroatoms. The Morgan fingerprint density at radius 1 is 1.12 bits per heavy atom. The van der Waals surface area contributed by atoms with Crippen LogP contribution in [0.25, 0.3) is 0 Å². The van der Waals surface area contributed by atoms with Crippen molar-refractivity contribution in [1.29, 1.82) is 0 Å². The van der Waals surface area contributed by atoms with Crippen molar-refractivity contribution in [3.05, 3.63) is 54.3 Å². The Bertz CT molecular complexity index is 728. The number of hydrogen-bond acceptors (Lipinski definition) is 4. The zero-order chi connectivity index (χ0) is 18.4. The largest absolute Gasteiger partial charge is 0.484 e. The molecule has 0 aliphatic carbocycles. The summed E-state index contributed by atoms with van der Waals surface area (Å²) in [7, 11) is 0. The smallest absolute Gasteiger partial charge is 0.262 e. The summed E-state index contributed by atoms with van der Waals surface area (Å²) in [6.07, 6.45) is 0. The van der Waals surface area contributed by atoms with Crippen LogP contribution in [0.2, 0.25) is 0 Å². The van der Waals surface area contributed by atoms with Crippen molar-refractivity contribution in [2.24, 2.45) is 0 Å². The summed E-state index contributed by atoms with van der Waals surface area (Å²) >= 11 is 0. The lowest BCUT2D eigenvalue weighted by molar-refractivity contribution is -0.118. The van der Waals surface area contributed by atoms with E-state index in [0.717, 1.165) is 38.4 Å². The summed E-state index contributed by atoms with van der Waals surface area (Å²) in [5, 5.41) is 2.79. The molecule has 0 bridgehead atoms. The van der Waals surface area contributed by atoms with Crippen LogP contribution in [0.4, 0.5) is 15.8 Å². The van der Waals surface area contributed by atoms with E-state index in [4.69, 9.17) is 4.74 Å². The maximum Gasteiger partial charge on any atom is 0.262 e. The lowest BCUT2D eigenvalue weighted by Gasteiger charge is -2.35. The van der Waals surface area contributed by atoms with Gasteiger partial charge in [0.25, 0.3) is 5.91 Å². The number of hydrogen-bond donors (Lipinski definition) is 1. The highest BCUT2D eigenvalue weighted by Crippen LogP contribution is 2.19. The fourth-order valence-corrected chi connectivity index (χ4v) is 2.98. The predicted octanol–water partition coefficient (Wildman–Crippen LogP) is 2.99. The molecule has 1 saturated heterocycles. The minimum absolute atomic E-state index is 0.163. The third-order valence-electron chi connectivity index (χ3n) is 4.50.